The molecule has 160 valence electrons. The van der Waals surface area contributed by atoms with Gasteiger partial charge in [0, 0.05) is 57.0 Å². The summed E-state index contributed by atoms with van der Waals surface area (Å²) in [5.41, 5.74) is 4.48. The highest BCUT2D eigenvalue weighted by Crippen LogP contribution is 2.39. The van der Waals surface area contributed by atoms with E-state index in [4.69, 9.17) is 9.84 Å². The Morgan fingerprint density at radius 3 is 2.80 bits per heavy atom. The Morgan fingerprint density at radius 2 is 2.03 bits per heavy atom. The third kappa shape index (κ3) is 3.27. The molecule has 8 heteroatoms. The van der Waals surface area contributed by atoms with E-state index in [0.717, 1.165) is 74.6 Å². The van der Waals surface area contributed by atoms with E-state index in [1.54, 1.807) is 19.9 Å². The molecule has 0 saturated carbocycles. The molecule has 3 aliphatic rings. The zero-order chi connectivity index (χ0) is 20.8. The van der Waals surface area contributed by atoms with Gasteiger partial charge in [-0.1, -0.05) is 0 Å². The van der Waals surface area contributed by atoms with Gasteiger partial charge in [0.1, 0.15) is 5.82 Å². The van der Waals surface area contributed by atoms with Crippen molar-refractivity contribution in [2.75, 3.05) is 31.2 Å². The van der Waals surface area contributed by atoms with Crippen molar-refractivity contribution in [3.63, 3.8) is 0 Å². The van der Waals surface area contributed by atoms with Crippen molar-refractivity contribution < 1.29 is 13.9 Å². The summed E-state index contributed by atoms with van der Waals surface area (Å²) in [7, 11) is 0. The van der Waals surface area contributed by atoms with Crippen molar-refractivity contribution in [2.45, 2.75) is 58.5 Å². The number of hydrogen-bond acceptors (Lipinski definition) is 5. The summed E-state index contributed by atoms with van der Waals surface area (Å²) in [6, 6.07) is 1.91. The van der Waals surface area contributed by atoms with Crippen LogP contribution in [0.2, 0.25) is 0 Å². The highest BCUT2D eigenvalue weighted by molar-refractivity contribution is 5.75. The highest BCUT2D eigenvalue weighted by atomic mass is 19.1. The number of halogens is 1. The van der Waals surface area contributed by atoms with E-state index in [9.17, 15) is 9.18 Å². The van der Waals surface area contributed by atoms with Crippen LogP contribution in [0.25, 0.3) is 0 Å². The van der Waals surface area contributed by atoms with Crippen molar-refractivity contribution in [2.24, 2.45) is 0 Å². The minimum atomic E-state index is -0.288. The number of pyridine rings is 1. The topological polar surface area (TPSA) is 63.5 Å². The summed E-state index contributed by atoms with van der Waals surface area (Å²) < 4.78 is 22.1. The Bertz CT molecular complexity index is 982. The second-order valence-electron chi connectivity index (χ2n) is 8.50. The molecule has 1 fully saturated rings. The first-order chi connectivity index (χ1) is 14.5. The van der Waals surface area contributed by atoms with Gasteiger partial charge in [-0.05, 0) is 32.6 Å². The Hall–Kier alpha value is -2.48. The van der Waals surface area contributed by atoms with E-state index in [-0.39, 0.29) is 11.7 Å². The van der Waals surface area contributed by atoms with Crippen LogP contribution in [-0.2, 0) is 28.9 Å². The maximum atomic E-state index is 14.4. The molecule has 2 aromatic rings. The fraction of sp³-hybridized carbons (Fsp3) is 0.591. The van der Waals surface area contributed by atoms with Gasteiger partial charge in [-0.2, -0.15) is 5.10 Å². The van der Waals surface area contributed by atoms with Gasteiger partial charge in [0.05, 0.1) is 29.7 Å². The first kappa shape index (κ1) is 19.5. The average molecular weight is 413 g/mol. The Morgan fingerprint density at radius 1 is 1.23 bits per heavy atom. The second kappa shape index (κ2) is 7.65. The molecule has 0 spiro atoms. The minimum absolute atomic E-state index is 0.0767. The summed E-state index contributed by atoms with van der Waals surface area (Å²) in [4.78, 5) is 20.6. The van der Waals surface area contributed by atoms with Crippen LogP contribution in [0.4, 0.5) is 15.9 Å². The lowest BCUT2D eigenvalue weighted by atomic mass is 10.0. The molecule has 0 bridgehead atoms. The fourth-order valence-electron chi connectivity index (χ4n) is 4.93. The van der Waals surface area contributed by atoms with Crippen molar-refractivity contribution in [1.29, 1.82) is 0 Å². The third-order valence-electron chi connectivity index (χ3n) is 6.60. The molecule has 0 N–H and O–H groups in total. The molecule has 1 saturated heterocycles. The van der Waals surface area contributed by atoms with E-state index in [0.29, 0.717) is 24.8 Å². The average Bonchev–Trinajstić information content (AvgIpc) is 3.13. The summed E-state index contributed by atoms with van der Waals surface area (Å²) in [5, 5.41) is 5.08. The number of nitrogens with zero attached hydrogens (tertiary/aromatic N) is 5. The van der Waals surface area contributed by atoms with E-state index < -0.39 is 0 Å². The van der Waals surface area contributed by atoms with Crippen LogP contribution >= 0.6 is 0 Å². The second-order valence-corrected chi connectivity index (χ2v) is 8.50. The standard InChI is InChI=1S/C22H28FN5O2/c1-14-18(23)12-21-19(24-14)4-3-8-27(21)22-17-13-26(15(2)29)9-5-20(17)28(25-22)16-6-10-30-11-7-16/h12,16H,3-11,13H2,1-2H3. The van der Waals surface area contributed by atoms with E-state index in [2.05, 4.69) is 14.6 Å². The van der Waals surface area contributed by atoms with E-state index >= 15 is 0 Å². The molecule has 0 radical (unpaired) electrons. The van der Waals surface area contributed by atoms with Crippen LogP contribution in [0.5, 0.6) is 0 Å². The van der Waals surface area contributed by atoms with Gasteiger partial charge in [0.2, 0.25) is 5.91 Å². The number of ether oxygens (including phenoxy) is 1. The van der Waals surface area contributed by atoms with Gasteiger partial charge in [-0.25, -0.2) is 4.39 Å². The summed E-state index contributed by atoms with van der Waals surface area (Å²) in [6.45, 7) is 6.85. The number of carbonyl (C=O) groups is 1. The molecule has 2 aromatic heterocycles. The fourth-order valence-corrected chi connectivity index (χ4v) is 4.93. The largest absolute Gasteiger partial charge is 0.381 e. The number of fused-ring (bicyclic) bond motifs is 2. The lowest BCUT2D eigenvalue weighted by Crippen LogP contribution is -2.36. The van der Waals surface area contributed by atoms with Crippen molar-refractivity contribution >= 4 is 17.4 Å². The van der Waals surface area contributed by atoms with Gasteiger partial charge in [-0.15, -0.1) is 0 Å². The molecule has 5 heterocycles. The van der Waals surface area contributed by atoms with E-state index in [1.165, 1.54) is 5.69 Å². The minimum Gasteiger partial charge on any atom is -0.381 e. The lowest BCUT2D eigenvalue weighted by molar-refractivity contribution is -0.129. The molecule has 0 aromatic carbocycles. The molecule has 0 atom stereocenters. The number of aromatic nitrogens is 3. The van der Waals surface area contributed by atoms with Gasteiger partial charge >= 0.3 is 0 Å². The lowest BCUT2D eigenvalue weighted by Gasteiger charge is -2.32. The molecule has 1 amide bonds. The highest BCUT2D eigenvalue weighted by Gasteiger charge is 2.33. The normalized spacial score (nSPS) is 19.6. The molecule has 0 unspecified atom stereocenters. The van der Waals surface area contributed by atoms with Crippen molar-refractivity contribution in [1.82, 2.24) is 19.7 Å². The van der Waals surface area contributed by atoms with Gasteiger partial charge in [0.15, 0.2) is 5.82 Å². The molecule has 30 heavy (non-hydrogen) atoms. The first-order valence-corrected chi connectivity index (χ1v) is 10.9. The zero-order valence-electron chi connectivity index (χ0n) is 17.7. The van der Waals surface area contributed by atoms with Crippen LogP contribution in [0.1, 0.15) is 54.9 Å². The third-order valence-corrected chi connectivity index (χ3v) is 6.60. The number of anilines is 2. The predicted molar refractivity (Wildman–Crippen MR) is 110 cm³/mol. The van der Waals surface area contributed by atoms with Crippen molar-refractivity contribution in [3.05, 3.63) is 34.5 Å². The zero-order valence-corrected chi connectivity index (χ0v) is 17.7. The summed E-state index contributed by atoms with van der Waals surface area (Å²) >= 11 is 0. The number of rotatable bonds is 2. The van der Waals surface area contributed by atoms with Gasteiger partial charge in [0.25, 0.3) is 0 Å². The monoisotopic (exact) mass is 413 g/mol. The maximum Gasteiger partial charge on any atom is 0.219 e. The molecule has 5 rings (SSSR count). The van der Waals surface area contributed by atoms with Crippen LogP contribution in [-0.4, -0.2) is 51.9 Å². The van der Waals surface area contributed by atoms with Crippen molar-refractivity contribution in [3.8, 4) is 0 Å². The quantitative estimate of drug-likeness (QED) is 0.757. The molecule has 3 aliphatic heterocycles. The molecular weight excluding hydrogens is 385 g/mol. The van der Waals surface area contributed by atoms with Crippen LogP contribution in [0.15, 0.2) is 6.07 Å². The maximum absolute atomic E-state index is 14.4. The Labute approximate surface area is 175 Å². The molecule has 0 aliphatic carbocycles. The number of carbonyl (C=O) groups excluding carboxylic acids is 1. The number of hydrogen-bond donors (Lipinski definition) is 0. The molecular formula is C22H28FN5O2. The van der Waals surface area contributed by atoms with Crippen LogP contribution in [0.3, 0.4) is 0 Å². The predicted octanol–water partition coefficient (Wildman–Crippen LogP) is 3.07. The Kier molecular flexibility index (Phi) is 4.97. The van der Waals surface area contributed by atoms with Gasteiger partial charge < -0.3 is 14.5 Å². The molecule has 7 nitrogen and oxygen atoms in total. The summed E-state index contributed by atoms with van der Waals surface area (Å²) in [6.07, 6.45) is 4.46. The van der Waals surface area contributed by atoms with E-state index in [1.807, 2.05) is 4.90 Å². The summed E-state index contributed by atoms with van der Waals surface area (Å²) in [5.74, 6) is 0.644. The Balaban J connectivity index is 1.61. The van der Waals surface area contributed by atoms with Crippen LogP contribution in [0, 0.1) is 12.7 Å². The first-order valence-electron chi connectivity index (χ1n) is 10.9. The number of aryl methyl sites for hydroxylation is 2. The number of amides is 1. The SMILES string of the molecule is CC(=O)N1CCc2c(c(N3CCCc4nc(C)c(F)cc43)nn2C2CCOCC2)C1. The van der Waals surface area contributed by atoms with Crippen LogP contribution < -0.4 is 4.90 Å². The van der Waals surface area contributed by atoms with Gasteiger partial charge in [-0.3, -0.25) is 14.5 Å². The smallest absolute Gasteiger partial charge is 0.219 e.